The van der Waals surface area contributed by atoms with E-state index in [4.69, 9.17) is 5.73 Å². The number of hydrogen-bond acceptors (Lipinski definition) is 2. The minimum Gasteiger partial charge on any atom is -0.397 e. The van der Waals surface area contributed by atoms with Crippen molar-refractivity contribution in [2.75, 3.05) is 11.1 Å². The molecule has 0 aliphatic rings. The Kier molecular flexibility index (Phi) is 3.46. The third-order valence-corrected chi connectivity index (χ3v) is 2.76. The molecule has 94 valence electrons. The molecule has 0 saturated carbocycles. The van der Waals surface area contributed by atoms with Gasteiger partial charge in [-0.2, -0.15) is 0 Å². The van der Waals surface area contributed by atoms with E-state index in [0.29, 0.717) is 16.9 Å². The monoisotopic (exact) mass is 248 g/mol. The summed E-state index contributed by atoms with van der Waals surface area (Å²) >= 11 is 0. The zero-order valence-electron chi connectivity index (χ0n) is 9.95. The lowest BCUT2D eigenvalue weighted by Gasteiger charge is -2.17. The van der Waals surface area contributed by atoms with Gasteiger partial charge in [0.15, 0.2) is 0 Å². The zero-order chi connectivity index (χ0) is 13.1. The Hall–Kier alpha value is -2.10. The Morgan fingerprint density at radius 1 is 1.11 bits per heavy atom. The van der Waals surface area contributed by atoms with Crippen LogP contribution < -0.4 is 11.1 Å². The average Bonchev–Trinajstić information content (AvgIpc) is 2.33. The van der Waals surface area contributed by atoms with E-state index >= 15 is 0 Å². The Bertz CT molecular complexity index is 555. The van der Waals surface area contributed by atoms with Crippen LogP contribution >= 0.6 is 0 Å². The van der Waals surface area contributed by atoms with Crippen LogP contribution in [0.15, 0.2) is 42.5 Å². The van der Waals surface area contributed by atoms with Crippen LogP contribution in [-0.2, 0) is 0 Å². The zero-order valence-corrected chi connectivity index (χ0v) is 9.95. The van der Waals surface area contributed by atoms with Gasteiger partial charge in [0.05, 0.1) is 17.4 Å². The van der Waals surface area contributed by atoms with Crippen molar-refractivity contribution in [2.45, 2.75) is 13.0 Å². The number of benzene rings is 2. The fourth-order valence-electron chi connectivity index (χ4n) is 1.80. The highest BCUT2D eigenvalue weighted by Crippen LogP contribution is 2.25. The molecule has 0 spiro atoms. The van der Waals surface area contributed by atoms with Crippen molar-refractivity contribution in [3.63, 3.8) is 0 Å². The van der Waals surface area contributed by atoms with Gasteiger partial charge in [0.1, 0.15) is 11.6 Å². The second-order valence-electron chi connectivity index (χ2n) is 4.12. The molecule has 0 aromatic heterocycles. The van der Waals surface area contributed by atoms with Gasteiger partial charge in [-0.25, -0.2) is 8.78 Å². The van der Waals surface area contributed by atoms with Gasteiger partial charge < -0.3 is 11.1 Å². The second kappa shape index (κ2) is 5.04. The Balaban J connectivity index is 2.21. The van der Waals surface area contributed by atoms with Crippen LogP contribution in [-0.4, -0.2) is 0 Å². The molecule has 0 heterocycles. The SMILES string of the molecule is CC(Nc1ccc(F)cc1N)c1ccccc1F. The maximum atomic E-state index is 13.6. The summed E-state index contributed by atoms with van der Waals surface area (Å²) in [5.41, 5.74) is 7.13. The van der Waals surface area contributed by atoms with E-state index in [-0.39, 0.29) is 11.9 Å². The van der Waals surface area contributed by atoms with Crippen molar-refractivity contribution < 1.29 is 8.78 Å². The third kappa shape index (κ3) is 2.59. The fourth-order valence-corrected chi connectivity index (χ4v) is 1.80. The molecule has 18 heavy (non-hydrogen) atoms. The van der Waals surface area contributed by atoms with Gasteiger partial charge in [-0.3, -0.25) is 0 Å². The lowest BCUT2D eigenvalue weighted by molar-refractivity contribution is 0.600. The van der Waals surface area contributed by atoms with E-state index in [2.05, 4.69) is 5.32 Å². The molecule has 0 bridgehead atoms. The summed E-state index contributed by atoms with van der Waals surface area (Å²) in [5, 5.41) is 3.06. The normalized spacial score (nSPS) is 12.2. The molecule has 2 aromatic carbocycles. The highest BCUT2D eigenvalue weighted by Gasteiger charge is 2.11. The summed E-state index contributed by atoms with van der Waals surface area (Å²) in [4.78, 5) is 0. The molecule has 4 heteroatoms. The van der Waals surface area contributed by atoms with Gasteiger partial charge in [0.25, 0.3) is 0 Å². The smallest absolute Gasteiger partial charge is 0.128 e. The number of rotatable bonds is 3. The molecular weight excluding hydrogens is 234 g/mol. The molecule has 0 aliphatic heterocycles. The predicted molar refractivity (Wildman–Crippen MR) is 69.3 cm³/mol. The van der Waals surface area contributed by atoms with Crippen LogP contribution in [0.5, 0.6) is 0 Å². The topological polar surface area (TPSA) is 38.0 Å². The van der Waals surface area contributed by atoms with Crippen LogP contribution in [0.2, 0.25) is 0 Å². The Morgan fingerprint density at radius 2 is 1.83 bits per heavy atom. The van der Waals surface area contributed by atoms with E-state index in [1.807, 2.05) is 6.92 Å². The van der Waals surface area contributed by atoms with Crippen molar-refractivity contribution in [1.82, 2.24) is 0 Å². The lowest BCUT2D eigenvalue weighted by atomic mass is 10.1. The number of hydrogen-bond donors (Lipinski definition) is 2. The predicted octanol–water partition coefficient (Wildman–Crippen LogP) is 3.72. The summed E-state index contributed by atoms with van der Waals surface area (Å²) < 4.78 is 26.5. The molecule has 2 nitrogen and oxygen atoms in total. The molecule has 0 fully saturated rings. The third-order valence-electron chi connectivity index (χ3n) is 2.76. The first-order chi connectivity index (χ1) is 8.58. The quantitative estimate of drug-likeness (QED) is 0.812. The van der Waals surface area contributed by atoms with Gasteiger partial charge >= 0.3 is 0 Å². The molecule has 0 amide bonds. The van der Waals surface area contributed by atoms with Crippen molar-refractivity contribution in [2.24, 2.45) is 0 Å². The minimum absolute atomic E-state index is 0.251. The van der Waals surface area contributed by atoms with E-state index in [1.54, 1.807) is 24.3 Å². The highest BCUT2D eigenvalue weighted by molar-refractivity contribution is 5.66. The van der Waals surface area contributed by atoms with E-state index < -0.39 is 5.82 Å². The van der Waals surface area contributed by atoms with Crippen LogP contribution in [0.4, 0.5) is 20.2 Å². The molecule has 0 aliphatic carbocycles. The average molecular weight is 248 g/mol. The minimum atomic E-state index is -0.392. The second-order valence-corrected chi connectivity index (χ2v) is 4.12. The number of anilines is 2. The van der Waals surface area contributed by atoms with Crippen LogP contribution in [0.1, 0.15) is 18.5 Å². The van der Waals surface area contributed by atoms with E-state index in [0.717, 1.165) is 0 Å². The molecule has 0 radical (unpaired) electrons. The van der Waals surface area contributed by atoms with Crippen molar-refractivity contribution >= 4 is 11.4 Å². The van der Waals surface area contributed by atoms with Crippen molar-refractivity contribution in [3.8, 4) is 0 Å². The Labute approximate surface area is 104 Å². The van der Waals surface area contributed by atoms with Gasteiger partial charge in [-0.05, 0) is 31.2 Å². The van der Waals surface area contributed by atoms with Crippen molar-refractivity contribution in [1.29, 1.82) is 0 Å². The first-order valence-electron chi connectivity index (χ1n) is 5.64. The van der Waals surface area contributed by atoms with E-state index in [9.17, 15) is 8.78 Å². The van der Waals surface area contributed by atoms with Gasteiger partial charge in [-0.1, -0.05) is 18.2 Å². The number of nitrogens with two attached hydrogens (primary N) is 1. The standard InChI is InChI=1S/C14H14F2N2/c1-9(11-4-2-3-5-12(11)16)18-14-7-6-10(15)8-13(14)17/h2-9,18H,17H2,1H3. The number of nitrogens with one attached hydrogen (secondary N) is 1. The van der Waals surface area contributed by atoms with Gasteiger partial charge in [-0.15, -0.1) is 0 Å². The molecule has 3 N–H and O–H groups in total. The van der Waals surface area contributed by atoms with Gasteiger partial charge in [0.2, 0.25) is 0 Å². The summed E-state index contributed by atoms with van der Waals surface area (Å²) in [6, 6.07) is 10.3. The maximum absolute atomic E-state index is 13.6. The Morgan fingerprint density at radius 3 is 2.50 bits per heavy atom. The summed E-state index contributed by atoms with van der Waals surface area (Å²) in [5.74, 6) is -0.672. The lowest BCUT2D eigenvalue weighted by Crippen LogP contribution is -2.10. The number of nitrogen functional groups attached to an aromatic ring is 1. The first kappa shape index (κ1) is 12.4. The molecule has 1 atom stereocenters. The van der Waals surface area contributed by atoms with Gasteiger partial charge in [0, 0.05) is 5.56 Å². The largest absolute Gasteiger partial charge is 0.397 e. The fraction of sp³-hybridized carbons (Fsp3) is 0.143. The molecule has 2 rings (SSSR count). The number of halogens is 2. The van der Waals surface area contributed by atoms with Crippen LogP contribution in [0.3, 0.4) is 0 Å². The highest BCUT2D eigenvalue weighted by atomic mass is 19.1. The molecular formula is C14H14F2N2. The first-order valence-corrected chi connectivity index (χ1v) is 5.64. The summed E-state index contributed by atoms with van der Waals surface area (Å²) in [6.45, 7) is 1.82. The van der Waals surface area contributed by atoms with Crippen LogP contribution in [0.25, 0.3) is 0 Å². The van der Waals surface area contributed by atoms with E-state index in [1.165, 1.54) is 18.2 Å². The molecule has 1 unspecified atom stereocenters. The van der Waals surface area contributed by atoms with Crippen molar-refractivity contribution in [3.05, 3.63) is 59.7 Å². The molecule has 2 aromatic rings. The maximum Gasteiger partial charge on any atom is 0.128 e. The summed E-state index contributed by atoms with van der Waals surface area (Å²) in [7, 11) is 0. The van der Waals surface area contributed by atoms with Crippen LogP contribution in [0, 0.1) is 11.6 Å². The molecule has 0 saturated heterocycles. The summed E-state index contributed by atoms with van der Waals surface area (Å²) in [6.07, 6.45) is 0.